The standard InChI is InChI=1S/C29H35ClFN3O4S/c1-5-6-14-34(29(36)32-22-9-11-25(31)24(30)17-22)19-28(35)33(18-23-10-7-20(2)39-23)15-13-21-8-12-26(37-3)27(16-21)38-4/h7-12,16-17H,5-6,13-15,18-19H2,1-4H3,(H,32,36). The van der Waals surface area contributed by atoms with Gasteiger partial charge in [-0.2, -0.15) is 0 Å². The zero-order valence-electron chi connectivity index (χ0n) is 22.8. The van der Waals surface area contributed by atoms with Crippen LogP contribution in [0.4, 0.5) is 14.9 Å². The Labute approximate surface area is 238 Å². The van der Waals surface area contributed by atoms with Crippen molar-refractivity contribution < 1.29 is 23.5 Å². The number of halogens is 2. The SMILES string of the molecule is CCCCN(CC(=O)N(CCc1ccc(OC)c(OC)c1)Cc1ccc(C)s1)C(=O)Nc1ccc(F)c(Cl)c1. The van der Waals surface area contributed by atoms with Gasteiger partial charge in [0.1, 0.15) is 12.4 Å². The van der Waals surface area contributed by atoms with Crippen molar-refractivity contribution in [2.24, 2.45) is 0 Å². The van der Waals surface area contributed by atoms with E-state index in [0.29, 0.717) is 43.2 Å². The van der Waals surface area contributed by atoms with Crippen molar-refractivity contribution in [1.29, 1.82) is 0 Å². The van der Waals surface area contributed by atoms with Crippen LogP contribution in [0.1, 0.15) is 35.1 Å². The van der Waals surface area contributed by atoms with E-state index in [1.807, 2.05) is 44.2 Å². The van der Waals surface area contributed by atoms with Crippen LogP contribution in [-0.4, -0.2) is 55.6 Å². The first-order valence-corrected chi connectivity index (χ1v) is 14.0. The average molecular weight is 576 g/mol. The second-order valence-electron chi connectivity index (χ2n) is 9.10. The number of anilines is 1. The number of methoxy groups -OCH3 is 2. The van der Waals surface area contributed by atoms with Crippen LogP contribution in [0.5, 0.6) is 11.5 Å². The molecule has 0 unspecified atom stereocenters. The number of urea groups is 1. The minimum absolute atomic E-state index is 0.0863. The lowest BCUT2D eigenvalue weighted by Gasteiger charge is -2.28. The highest BCUT2D eigenvalue weighted by atomic mass is 35.5. The van der Waals surface area contributed by atoms with Gasteiger partial charge in [0.2, 0.25) is 5.91 Å². The van der Waals surface area contributed by atoms with Crippen LogP contribution in [0.25, 0.3) is 0 Å². The Balaban J connectivity index is 1.76. The Bertz CT molecular complexity index is 1270. The summed E-state index contributed by atoms with van der Waals surface area (Å²) in [4.78, 5) is 32.3. The topological polar surface area (TPSA) is 71.1 Å². The van der Waals surface area contributed by atoms with E-state index in [0.717, 1.165) is 23.3 Å². The number of hydrogen-bond donors (Lipinski definition) is 1. The predicted octanol–water partition coefficient (Wildman–Crippen LogP) is 6.77. The van der Waals surface area contributed by atoms with E-state index in [9.17, 15) is 14.0 Å². The van der Waals surface area contributed by atoms with Crippen LogP contribution in [0, 0.1) is 12.7 Å². The summed E-state index contributed by atoms with van der Waals surface area (Å²) in [5.74, 6) is 0.542. The fraction of sp³-hybridized carbons (Fsp3) is 0.379. The van der Waals surface area contributed by atoms with Gasteiger partial charge >= 0.3 is 6.03 Å². The minimum atomic E-state index is -0.568. The zero-order valence-corrected chi connectivity index (χ0v) is 24.3. The van der Waals surface area contributed by atoms with Crippen molar-refractivity contribution in [1.82, 2.24) is 9.80 Å². The van der Waals surface area contributed by atoms with Crippen LogP contribution >= 0.6 is 22.9 Å². The smallest absolute Gasteiger partial charge is 0.322 e. The molecular weight excluding hydrogens is 541 g/mol. The third kappa shape index (κ3) is 8.86. The van der Waals surface area contributed by atoms with Crippen molar-refractivity contribution in [2.75, 3.05) is 39.2 Å². The largest absolute Gasteiger partial charge is 0.493 e. The fourth-order valence-electron chi connectivity index (χ4n) is 3.99. The maximum Gasteiger partial charge on any atom is 0.322 e. The Morgan fingerprint density at radius 1 is 1.00 bits per heavy atom. The van der Waals surface area contributed by atoms with E-state index in [-0.39, 0.29) is 17.5 Å². The maximum atomic E-state index is 13.6. The number of amides is 3. The first-order valence-electron chi connectivity index (χ1n) is 12.8. The Kier molecular flexibility index (Phi) is 11.4. The van der Waals surface area contributed by atoms with E-state index in [2.05, 4.69) is 5.32 Å². The molecule has 0 fully saturated rings. The molecule has 0 aliphatic heterocycles. The number of nitrogens with one attached hydrogen (secondary N) is 1. The molecule has 3 aromatic rings. The van der Waals surface area contributed by atoms with Crippen molar-refractivity contribution in [3.63, 3.8) is 0 Å². The van der Waals surface area contributed by atoms with Crippen LogP contribution in [-0.2, 0) is 17.8 Å². The van der Waals surface area contributed by atoms with Gasteiger partial charge in [-0.25, -0.2) is 9.18 Å². The van der Waals surface area contributed by atoms with Crippen molar-refractivity contribution >= 4 is 40.6 Å². The molecule has 1 heterocycles. The summed E-state index contributed by atoms with van der Waals surface area (Å²) in [6.07, 6.45) is 2.20. The number of aryl methyl sites for hydroxylation is 1. The molecule has 0 bridgehead atoms. The molecule has 0 spiro atoms. The summed E-state index contributed by atoms with van der Waals surface area (Å²) in [5.41, 5.74) is 1.36. The molecule has 3 amide bonds. The summed E-state index contributed by atoms with van der Waals surface area (Å²) >= 11 is 7.51. The third-order valence-electron chi connectivity index (χ3n) is 6.18. The number of nitrogens with zero attached hydrogens (tertiary/aromatic N) is 2. The normalized spacial score (nSPS) is 10.7. The Morgan fingerprint density at radius 3 is 2.41 bits per heavy atom. The lowest BCUT2D eigenvalue weighted by Crippen LogP contribution is -2.45. The number of benzene rings is 2. The van der Waals surface area contributed by atoms with Gasteiger partial charge in [-0.15, -0.1) is 11.3 Å². The first-order chi connectivity index (χ1) is 18.7. The van der Waals surface area contributed by atoms with E-state index in [1.165, 1.54) is 28.0 Å². The van der Waals surface area contributed by atoms with Gasteiger partial charge < -0.3 is 24.6 Å². The fourth-order valence-corrected chi connectivity index (χ4v) is 5.08. The zero-order chi connectivity index (χ0) is 28.4. The highest BCUT2D eigenvalue weighted by Crippen LogP contribution is 2.28. The molecule has 0 atom stereocenters. The highest BCUT2D eigenvalue weighted by Gasteiger charge is 2.22. The van der Waals surface area contributed by atoms with Crippen LogP contribution in [0.2, 0.25) is 5.02 Å². The lowest BCUT2D eigenvalue weighted by atomic mass is 10.1. The monoisotopic (exact) mass is 575 g/mol. The van der Waals surface area contributed by atoms with Crippen molar-refractivity contribution in [3.8, 4) is 11.5 Å². The molecule has 0 aliphatic carbocycles. The van der Waals surface area contributed by atoms with Crippen LogP contribution < -0.4 is 14.8 Å². The van der Waals surface area contributed by atoms with Gasteiger partial charge in [-0.1, -0.05) is 31.0 Å². The molecular formula is C29H35ClFN3O4S. The van der Waals surface area contributed by atoms with E-state index in [4.69, 9.17) is 21.1 Å². The summed E-state index contributed by atoms with van der Waals surface area (Å²) in [5, 5.41) is 2.65. The molecule has 0 radical (unpaired) electrons. The Hall–Kier alpha value is -3.30. The maximum absolute atomic E-state index is 13.6. The average Bonchev–Trinajstić information content (AvgIpc) is 3.34. The van der Waals surface area contributed by atoms with Gasteiger partial charge in [0.05, 0.1) is 25.8 Å². The third-order valence-corrected chi connectivity index (χ3v) is 7.45. The summed E-state index contributed by atoms with van der Waals surface area (Å²) < 4.78 is 24.3. The predicted molar refractivity (Wildman–Crippen MR) is 155 cm³/mol. The van der Waals surface area contributed by atoms with Gasteiger partial charge in [-0.05, 0) is 67.8 Å². The molecule has 3 rings (SSSR count). The lowest BCUT2D eigenvalue weighted by molar-refractivity contribution is -0.132. The van der Waals surface area contributed by atoms with E-state index in [1.54, 1.807) is 30.5 Å². The minimum Gasteiger partial charge on any atom is -0.493 e. The molecule has 0 saturated heterocycles. The Morgan fingerprint density at radius 2 is 1.77 bits per heavy atom. The number of thiophene rings is 1. The second-order valence-corrected chi connectivity index (χ2v) is 10.9. The number of rotatable bonds is 13. The number of carbonyl (C=O) groups is 2. The molecule has 2 aromatic carbocycles. The molecule has 0 saturated carbocycles. The first kappa shape index (κ1) is 30.2. The van der Waals surface area contributed by atoms with Crippen LogP contribution in [0.15, 0.2) is 48.5 Å². The van der Waals surface area contributed by atoms with E-state index >= 15 is 0 Å². The highest BCUT2D eigenvalue weighted by molar-refractivity contribution is 7.11. The van der Waals surface area contributed by atoms with Crippen LogP contribution in [0.3, 0.4) is 0 Å². The molecule has 1 N–H and O–H groups in total. The summed E-state index contributed by atoms with van der Waals surface area (Å²) in [6.45, 7) is 5.28. The molecule has 10 heteroatoms. The quantitative estimate of drug-likeness (QED) is 0.244. The van der Waals surface area contributed by atoms with E-state index < -0.39 is 11.8 Å². The molecule has 0 aliphatic rings. The van der Waals surface area contributed by atoms with Gasteiger partial charge in [0.15, 0.2) is 11.5 Å². The number of ether oxygens (including phenoxy) is 2. The molecule has 1 aromatic heterocycles. The van der Waals surface area contributed by atoms with Gasteiger partial charge in [0.25, 0.3) is 0 Å². The molecule has 7 nitrogen and oxygen atoms in total. The molecule has 210 valence electrons. The number of carbonyl (C=O) groups excluding carboxylic acids is 2. The second kappa shape index (κ2) is 14.7. The summed E-state index contributed by atoms with van der Waals surface area (Å²) in [6, 6.07) is 13.3. The molecule has 39 heavy (non-hydrogen) atoms. The van der Waals surface area contributed by atoms with Crippen molar-refractivity contribution in [3.05, 3.63) is 74.7 Å². The number of hydrogen-bond acceptors (Lipinski definition) is 5. The van der Waals surface area contributed by atoms with Crippen molar-refractivity contribution in [2.45, 2.75) is 39.7 Å². The van der Waals surface area contributed by atoms with Gasteiger partial charge in [-0.3, -0.25) is 4.79 Å². The number of unbranched alkanes of at least 4 members (excludes halogenated alkanes) is 1. The summed E-state index contributed by atoms with van der Waals surface area (Å²) in [7, 11) is 3.18. The van der Waals surface area contributed by atoms with Gasteiger partial charge in [0, 0.05) is 28.5 Å².